The Hall–Kier alpha value is -0.870. The third-order valence-corrected chi connectivity index (χ3v) is 3.54. The molecule has 1 aromatic rings. The van der Waals surface area contributed by atoms with Crippen LogP contribution in [0.4, 0.5) is 0 Å². The zero-order valence-corrected chi connectivity index (χ0v) is 11.7. The Balaban J connectivity index is 1.72. The second-order valence-corrected chi connectivity index (χ2v) is 5.47. The molecule has 2 heterocycles. The van der Waals surface area contributed by atoms with Crippen LogP contribution < -0.4 is 5.32 Å². The van der Waals surface area contributed by atoms with Crippen molar-refractivity contribution in [3.63, 3.8) is 0 Å². The molecular weight excluding hydrogens is 224 g/mol. The summed E-state index contributed by atoms with van der Waals surface area (Å²) in [4.78, 5) is 7.00. The first-order valence-corrected chi connectivity index (χ1v) is 7.21. The van der Waals surface area contributed by atoms with Gasteiger partial charge in [-0.2, -0.15) is 0 Å². The molecule has 0 bridgehead atoms. The van der Waals surface area contributed by atoms with Crippen LogP contribution in [0.2, 0.25) is 0 Å². The van der Waals surface area contributed by atoms with Crippen molar-refractivity contribution in [2.24, 2.45) is 0 Å². The molecule has 0 radical (unpaired) electrons. The van der Waals surface area contributed by atoms with Gasteiger partial charge in [-0.05, 0) is 38.9 Å². The summed E-state index contributed by atoms with van der Waals surface area (Å²) in [7, 11) is 0. The van der Waals surface area contributed by atoms with Crippen molar-refractivity contribution in [1.82, 2.24) is 19.8 Å². The molecule has 0 aromatic carbocycles. The number of hydrogen-bond acceptors (Lipinski definition) is 3. The number of nitrogens with one attached hydrogen (secondary N) is 1. The van der Waals surface area contributed by atoms with Crippen LogP contribution in [0.25, 0.3) is 0 Å². The van der Waals surface area contributed by atoms with E-state index in [4.69, 9.17) is 0 Å². The molecule has 1 aromatic heterocycles. The average Bonchev–Trinajstić information content (AvgIpc) is 2.97. The van der Waals surface area contributed by atoms with E-state index in [1.54, 1.807) is 0 Å². The van der Waals surface area contributed by atoms with Crippen molar-refractivity contribution in [3.8, 4) is 0 Å². The number of hydrogen-bond donors (Lipinski definition) is 1. The van der Waals surface area contributed by atoms with Crippen LogP contribution in [0.3, 0.4) is 0 Å². The lowest BCUT2D eigenvalue weighted by atomic mass is 10.3. The summed E-state index contributed by atoms with van der Waals surface area (Å²) in [5.74, 6) is 1.16. The van der Waals surface area contributed by atoms with Crippen LogP contribution in [0.1, 0.15) is 38.9 Å². The smallest absolute Gasteiger partial charge is 0.122 e. The zero-order chi connectivity index (χ0) is 12.8. The Morgan fingerprint density at radius 1 is 1.28 bits per heavy atom. The minimum atomic E-state index is 0.514. The topological polar surface area (TPSA) is 33.1 Å². The lowest BCUT2D eigenvalue weighted by Gasteiger charge is -2.15. The van der Waals surface area contributed by atoms with Gasteiger partial charge in [0, 0.05) is 25.0 Å². The van der Waals surface area contributed by atoms with E-state index in [1.807, 2.05) is 6.20 Å². The number of likely N-dealkylation sites (tertiary alicyclic amines) is 1. The van der Waals surface area contributed by atoms with Crippen molar-refractivity contribution in [3.05, 3.63) is 18.2 Å². The van der Waals surface area contributed by atoms with Crippen molar-refractivity contribution in [1.29, 1.82) is 0 Å². The molecule has 0 aliphatic carbocycles. The molecule has 0 unspecified atom stereocenters. The molecule has 18 heavy (non-hydrogen) atoms. The fraction of sp³-hybridized carbons (Fsp3) is 0.786. The summed E-state index contributed by atoms with van der Waals surface area (Å²) in [6.07, 6.45) is 8.00. The Morgan fingerprint density at radius 2 is 2.06 bits per heavy atom. The number of aromatic nitrogens is 2. The number of imidazole rings is 1. The van der Waals surface area contributed by atoms with Crippen LogP contribution in [-0.4, -0.2) is 40.1 Å². The Bertz CT molecular complexity index is 339. The minimum absolute atomic E-state index is 0.514. The van der Waals surface area contributed by atoms with Crippen LogP contribution in [0, 0.1) is 0 Å². The van der Waals surface area contributed by atoms with E-state index >= 15 is 0 Å². The maximum atomic E-state index is 4.43. The third kappa shape index (κ3) is 4.10. The number of nitrogens with zero attached hydrogens (tertiary/aromatic N) is 3. The highest BCUT2D eigenvalue weighted by Crippen LogP contribution is 2.08. The van der Waals surface area contributed by atoms with E-state index in [0.717, 1.165) is 18.9 Å². The lowest BCUT2D eigenvalue weighted by Crippen LogP contribution is -2.25. The lowest BCUT2D eigenvalue weighted by molar-refractivity contribution is 0.324. The highest BCUT2D eigenvalue weighted by Gasteiger charge is 2.11. The van der Waals surface area contributed by atoms with Gasteiger partial charge in [-0.3, -0.25) is 0 Å². The summed E-state index contributed by atoms with van der Waals surface area (Å²) < 4.78 is 2.28. The quantitative estimate of drug-likeness (QED) is 0.802. The molecule has 0 atom stereocenters. The van der Waals surface area contributed by atoms with Gasteiger partial charge in [0.15, 0.2) is 0 Å². The highest BCUT2D eigenvalue weighted by molar-refractivity contribution is 4.92. The van der Waals surface area contributed by atoms with Gasteiger partial charge < -0.3 is 14.8 Å². The monoisotopic (exact) mass is 250 g/mol. The molecule has 4 heteroatoms. The van der Waals surface area contributed by atoms with E-state index in [0.29, 0.717) is 6.04 Å². The van der Waals surface area contributed by atoms with Gasteiger partial charge in [0.1, 0.15) is 5.82 Å². The van der Waals surface area contributed by atoms with Gasteiger partial charge in [0.05, 0.1) is 6.54 Å². The zero-order valence-electron chi connectivity index (χ0n) is 11.7. The Kier molecular flexibility index (Phi) is 5.20. The molecule has 4 nitrogen and oxygen atoms in total. The van der Waals surface area contributed by atoms with Gasteiger partial charge in [-0.25, -0.2) is 4.98 Å². The van der Waals surface area contributed by atoms with Crippen LogP contribution in [0.15, 0.2) is 12.4 Å². The van der Waals surface area contributed by atoms with E-state index in [9.17, 15) is 0 Å². The fourth-order valence-electron chi connectivity index (χ4n) is 2.48. The van der Waals surface area contributed by atoms with Crippen molar-refractivity contribution >= 4 is 0 Å². The predicted molar refractivity (Wildman–Crippen MR) is 74.5 cm³/mol. The standard InChI is InChI=1S/C14H26N4/c1-13(2)16-12-14-15-6-11-18(14)10-5-9-17-7-3-4-8-17/h6,11,13,16H,3-5,7-10,12H2,1-2H3. The Morgan fingerprint density at radius 3 is 2.78 bits per heavy atom. The first kappa shape index (κ1) is 13.6. The van der Waals surface area contributed by atoms with Gasteiger partial charge >= 0.3 is 0 Å². The van der Waals surface area contributed by atoms with Gasteiger partial charge in [0.25, 0.3) is 0 Å². The normalized spacial score (nSPS) is 16.8. The fourth-order valence-corrected chi connectivity index (χ4v) is 2.48. The summed E-state index contributed by atoms with van der Waals surface area (Å²) in [5, 5.41) is 3.43. The molecule has 1 N–H and O–H groups in total. The van der Waals surface area contributed by atoms with Crippen LogP contribution in [0.5, 0.6) is 0 Å². The van der Waals surface area contributed by atoms with Crippen LogP contribution in [-0.2, 0) is 13.1 Å². The third-order valence-electron chi connectivity index (χ3n) is 3.54. The summed E-state index contributed by atoms with van der Waals surface area (Å²) in [6, 6.07) is 0.514. The number of rotatable bonds is 7. The number of aryl methyl sites for hydroxylation is 1. The SMILES string of the molecule is CC(C)NCc1nccn1CCCN1CCCC1. The predicted octanol–water partition coefficient (Wildman–Crippen LogP) is 1.87. The molecule has 0 spiro atoms. The maximum absolute atomic E-state index is 4.43. The summed E-state index contributed by atoms with van der Waals surface area (Å²) in [6.45, 7) is 10.1. The first-order valence-electron chi connectivity index (χ1n) is 7.21. The molecule has 1 aliphatic rings. The first-order chi connectivity index (χ1) is 8.75. The minimum Gasteiger partial charge on any atom is -0.334 e. The molecule has 0 amide bonds. The molecular formula is C14H26N4. The van der Waals surface area contributed by atoms with E-state index < -0.39 is 0 Å². The van der Waals surface area contributed by atoms with Gasteiger partial charge in [-0.1, -0.05) is 13.8 Å². The van der Waals surface area contributed by atoms with E-state index in [1.165, 1.54) is 38.9 Å². The van der Waals surface area contributed by atoms with Gasteiger partial charge in [0.2, 0.25) is 0 Å². The second-order valence-electron chi connectivity index (χ2n) is 5.47. The van der Waals surface area contributed by atoms with Crippen LogP contribution >= 0.6 is 0 Å². The largest absolute Gasteiger partial charge is 0.334 e. The molecule has 2 rings (SSSR count). The van der Waals surface area contributed by atoms with E-state index in [2.05, 4.69) is 39.8 Å². The molecule has 0 saturated carbocycles. The maximum Gasteiger partial charge on any atom is 0.122 e. The Labute approximate surface area is 110 Å². The highest BCUT2D eigenvalue weighted by atomic mass is 15.1. The van der Waals surface area contributed by atoms with Crippen molar-refractivity contribution < 1.29 is 0 Å². The summed E-state index contributed by atoms with van der Waals surface area (Å²) in [5.41, 5.74) is 0. The van der Waals surface area contributed by atoms with Gasteiger partial charge in [-0.15, -0.1) is 0 Å². The average molecular weight is 250 g/mol. The molecule has 1 saturated heterocycles. The molecule has 1 fully saturated rings. The molecule has 102 valence electrons. The van der Waals surface area contributed by atoms with Crippen molar-refractivity contribution in [2.45, 2.75) is 52.2 Å². The van der Waals surface area contributed by atoms with E-state index in [-0.39, 0.29) is 0 Å². The summed E-state index contributed by atoms with van der Waals surface area (Å²) >= 11 is 0. The second kappa shape index (κ2) is 6.90. The molecule has 1 aliphatic heterocycles. The van der Waals surface area contributed by atoms with Crippen molar-refractivity contribution in [2.75, 3.05) is 19.6 Å².